The Morgan fingerprint density at radius 2 is 1.48 bits per heavy atom. The summed E-state index contributed by atoms with van der Waals surface area (Å²) in [7, 11) is 0. The summed E-state index contributed by atoms with van der Waals surface area (Å²) in [5.41, 5.74) is 12.8. The number of hydrogen-bond donors (Lipinski definition) is 8. The van der Waals surface area contributed by atoms with Crippen molar-refractivity contribution >= 4 is 29.7 Å². The van der Waals surface area contributed by atoms with Gasteiger partial charge < -0.3 is 42.6 Å². The molecule has 14 heteroatoms. The maximum atomic E-state index is 13.2. The number of carbonyl (C=O) groups excluding carboxylic acids is 3. The highest BCUT2D eigenvalue weighted by molar-refractivity contribution is 5.94. The van der Waals surface area contributed by atoms with Crippen LogP contribution in [0.4, 0.5) is 0 Å². The molecule has 1 heterocycles. The van der Waals surface area contributed by atoms with E-state index in [0.29, 0.717) is 30.6 Å². The number of carboxylic acid groups (broad SMARTS) is 2. The third kappa shape index (κ3) is 11.2. The number of H-pyrrole nitrogens is 1. The van der Waals surface area contributed by atoms with E-state index >= 15 is 0 Å². The van der Waals surface area contributed by atoms with Crippen LogP contribution in [0.5, 0.6) is 0 Å². The van der Waals surface area contributed by atoms with Gasteiger partial charge in [0.15, 0.2) is 0 Å². The van der Waals surface area contributed by atoms with E-state index in [9.17, 15) is 29.1 Å². The summed E-state index contributed by atoms with van der Waals surface area (Å²) in [5, 5.41) is 26.3. The van der Waals surface area contributed by atoms with Crippen LogP contribution in [0, 0.1) is 0 Å². The Morgan fingerprint density at radius 1 is 0.850 bits per heavy atom. The Kier molecular flexibility index (Phi) is 13.3. The summed E-state index contributed by atoms with van der Waals surface area (Å²) in [4.78, 5) is 68.7. The topological polar surface area (TPSA) is 243 Å². The molecule has 4 atom stereocenters. The summed E-state index contributed by atoms with van der Waals surface area (Å²) in [5.74, 6) is -4.66. The Labute approximate surface area is 231 Å². The molecular formula is C26H37N7O7. The molecule has 218 valence electrons. The van der Waals surface area contributed by atoms with Gasteiger partial charge in [-0.15, -0.1) is 0 Å². The van der Waals surface area contributed by atoms with Gasteiger partial charge in [0.2, 0.25) is 17.7 Å². The first kappa shape index (κ1) is 31.9. The fourth-order valence-corrected chi connectivity index (χ4v) is 3.90. The molecule has 4 unspecified atom stereocenters. The fraction of sp³-hybridized carbons (Fsp3) is 0.462. The lowest BCUT2D eigenvalue weighted by atomic mass is 10.0. The minimum Gasteiger partial charge on any atom is -0.481 e. The molecule has 0 saturated heterocycles. The number of nitrogens with one attached hydrogen (secondary N) is 4. The second-order valence-electron chi connectivity index (χ2n) is 9.32. The molecule has 10 N–H and O–H groups in total. The predicted molar refractivity (Wildman–Crippen MR) is 144 cm³/mol. The van der Waals surface area contributed by atoms with Crippen LogP contribution in [-0.2, 0) is 36.8 Å². The Bertz CT molecular complexity index is 1110. The number of benzene rings is 1. The van der Waals surface area contributed by atoms with Crippen molar-refractivity contribution in [2.24, 2.45) is 11.5 Å². The molecule has 0 spiro atoms. The Morgan fingerprint density at radius 3 is 2.05 bits per heavy atom. The summed E-state index contributed by atoms with van der Waals surface area (Å²) < 4.78 is 0. The van der Waals surface area contributed by atoms with Crippen molar-refractivity contribution in [1.29, 1.82) is 0 Å². The van der Waals surface area contributed by atoms with E-state index < -0.39 is 60.2 Å². The van der Waals surface area contributed by atoms with Gasteiger partial charge in [-0.3, -0.25) is 19.2 Å². The van der Waals surface area contributed by atoms with Gasteiger partial charge in [-0.1, -0.05) is 30.3 Å². The van der Waals surface area contributed by atoms with Crippen LogP contribution in [-0.4, -0.2) is 80.6 Å². The second-order valence-corrected chi connectivity index (χ2v) is 9.32. The van der Waals surface area contributed by atoms with Crippen LogP contribution in [0.15, 0.2) is 42.9 Å². The van der Waals surface area contributed by atoms with Gasteiger partial charge in [0.25, 0.3) is 0 Å². The maximum Gasteiger partial charge on any atom is 0.326 e. The number of nitrogens with two attached hydrogens (primary N) is 2. The number of aliphatic carboxylic acids is 2. The Balaban J connectivity index is 2.14. The van der Waals surface area contributed by atoms with Crippen LogP contribution in [0.2, 0.25) is 0 Å². The van der Waals surface area contributed by atoms with Gasteiger partial charge in [-0.25, -0.2) is 9.78 Å². The van der Waals surface area contributed by atoms with Crippen molar-refractivity contribution in [2.45, 2.75) is 69.1 Å². The largest absolute Gasteiger partial charge is 0.481 e. The summed E-state index contributed by atoms with van der Waals surface area (Å²) >= 11 is 0. The minimum absolute atomic E-state index is 0.0247. The molecular weight excluding hydrogens is 522 g/mol. The first-order valence-electron chi connectivity index (χ1n) is 12.9. The van der Waals surface area contributed by atoms with E-state index in [-0.39, 0.29) is 25.7 Å². The minimum atomic E-state index is -1.30. The molecule has 0 aliphatic carbocycles. The number of carbonyl (C=O) groups is 5. The van der Waals surface area contributed by atoms with Crippen molar-refractivity contribution in [3.05, 3.63) is 54.1 Å². The Hall–Kier alpha value is -4.30. The van der Waals surface area contributed by atoms with Crippen LogP contribution in [0.25, 0.3) is 0 Å². The van der Waals surface area contributed by atoms with E-state index in [2.05, 4.69) is 25.9 Å². The summed E-state index contributed by atoms with van der Waals surface area (Å²) in [6, 6.07) is 3.97. The third-order valence-electron chi connectivity index (χ3n) is 6.09. The van der Waals surface area contributed by atoms with E-state index in [4.69, 9.17) is 16.6 Å². The zero-order chi connectivity index (χ0) is 29.5. The molecule has 0 fully saturated rings. The number of hydrogen-bond acceptors (Lipinski definition) is 8. The van der Waals surface area contributed by atoms with Gasteiger partial charge in [-0.2, -0.15) is 0 Å². The molecule has 0 radical (unpaired) electrons. The molecule has 1 aromatic heterocycles. The number of imidazole rings is 1. The van der Waals surface area contributed by atoms with Crippen molar-refractivity contribution in [3.63, 3.8) is 0 Å². The number of aromatic amines is 1. The van der Waals surface area contributed by atoms with Crippen LogP contribution in [0.3, 0.4) is 0 Å². The lowest BCUT2D eigenvalue weighted by Gasteiger charge is -2.25. The van der Waals surface area contributed by atoms with Crippen molar-refractivity contribution in [3.8, 4) is 0 Å². The first-order valence-corrected chi connectivity index (χ1v) is 12.9. The average Bonchev–Trinajstić information content (AvgIpc) is 3.43. The van der Waals surface area contributed by atoms with E-state index in [0.717, 1.165) is 0 Å². The van der Waals surface area contributed by atoms with Gasteiger partial charge in [0.1, 0.15) is 18.1 Å². The van der Waals surface area contributed by atoms with Crippen LogP contribution >= 0.6 is 0 Å². The number of unbranched alkanes of at least 4 members (excludes halogenated alkanes) is 1. The normalized spacial score (nSPS) is 13.8. The monoisotopic (exact) mass is 559 g/mol. The lowest BCUT2D eigenvalue weighted by molar-refractivity contribution is -0.142. The van der Waals surface area contributed by atoms with Crippen molar-refractivity contribution in [2.75, 3.05) is 6.54 Å². The van der Waals surface area contributed by atoms with E-state index in [1.807, 2.05) is 0 Å². The van der Waals surface area contributed by atoms with Crippen molar-refractivity contribution < 1.29 is 34.2 Å². The number of carboxylic acids is 2. The predicted octanol–water partition coefficient (Wildman–Crippen LogP) is -0.945. The molecule has 0 saturated carbocycles. The quantitative estimate of drug-likeness (QED) is 0.104. The average molecular weight is 560 g/mol. The number of amides is 3. The van der Waals surface area contributed by atoms with Gasteiger partial charge in [0, 0.05) is 31.2 Å². The highest BCUT2D eigenvalue weighted by Crippen LogP contribution is 2.08. The molecule has 40 heavy (non-hydrogen) atoms. The highest BCUT2D eigenvalue weighted by Gasteiger charge is 2.30. The molecule has 0 bridgehead atoms. The van der Waals surface area contributed by atoms with E-state index in [1.165, 1.54) is 12.5 Å². The molecule has 3 amide bonds. The zero-order valence-corrected chi connectivity index (χ0v) is 22.0. The van der Waals surface area contributed by atoms with Gasteiger partial charge in [0.05, 0.1) is 12.4 Å². The second kappa shape index (κ2) is 16.6. The van der Waals surface area contributed by atoms with Crippen LogP contribution in [0.1, 0.15) is 43.4 Å². The van der Waals surface area contributed by atoms with Gasteiger partial charge in [-0.05, 0) is 37.8 Å². The molecule has 2 aromatic rings. The van der Waals surface area contributed by atoms with Gasteiger partial charge >= 0.3 is 11.9 Å². The van der Waals surface area contributed by atoms with E-state index in [1.54, 1.807) is 30.3 Å². The molecule has 14 nitrogen and oxygen atoms in total. The lowest BCUT2D eigenvalue weighted by Crippen LogP contribution is -2.57. The number of aromatic nitrogens is 2. The molecule has 2 rings (SSSR count). The first-order chi connectivity index (χ1) is 19.1. The smallest absolute Gasteiger partial charge is 0.326 e. The van der Waals surface area contributed by atoms with Crippen molar-refractivity contribution in [1.82, 2.24) is 25.9 Å². The number of rotatable bonds is 18. The zero-order valence-electron chi connectivity index (χ0n) is 22.0. The molecule has 1 aromatic carbocycles. The number of nitrogens with zero attached hydrogens (tertiary/aromatic N) is 1. The van der Waals surface area contributed by atoms with Crippen LogP contribution < -0.4 is 27.4 Å². The molecule has 0 aliphatic rings. The SMILES string of the molecule is NCCCCC(NC(=O)C(CCC(=O)O)NC(=O)C(N)Cc1cnc[nH]1)C(=O)NC(Cc1ccccc1)C(=O)O. The summed E-state index contributed by atoms with van der Waals surface area (Å²) in [6.45, 7) is 0.347. The fourth-order valence-electron chi connectivity index (χ4n) is 3.90. The molecule has 0 aliphatic heterocycles. The third-order valence-corrected chi connectivity index (χ3v) is 6.09. The highest BCUT2D eigenvalue weighted by atomic mass is 16.4. The summed E-state index contributed by atoms with van der Waals surface area (Å²) in [6.07, 6.45) is 3.49. The maximum absolute atomic E-state index is 13.2. The standard InChI is InChI=1S/C26H37N7O7/c27-11-5-4-8-19(24(37)33-21(26(39)40)12-16-6-2-1-3-7-16)32-25(38)20(9-10-22(34)35)31-23(36)18(28)13-17-14-29-15-30-17/h1-3,6-7,14-15,18-21H,4-5,8-13,27-28H2,(H,29,30)(H,31,36)(H,32,38)(H,33,37)(H,34,35)(H,39,40).